The predicted octanol–water partition coefficient (Wildman–Crippen LogP) is 2.08. The fourth-order valence-corrected chi connectivity index (χ4v) is 4.37. The first-order valence-corrected chi connectivity index (χ1v) is 8.34. The second-order valence-electron chi connectivity index (χ2n) is 6.76. The second-order valence-corrected chi connectivity index (χ2v) is 6.76. The Hall–Kier alpha value is -0.610. The summed E-state index contributed by atoms with van der Waals surface area (Å²) in [5.74, 6) is 0.349. The van der Waals surface area contributed by atoms with Gasteiger partial charge in [-0.25, -0.2) is 0 Å². The van der Waals surface area contributed by atoms with Crippen molar-refractivity contribution in [2.75, 3.05) is 20.2 Å². The van der Waals surface area contributed by atoms with E-state index >= 15 is 0 Å². The molecule has 0 radical (unpaired) electrons. The van der Waals surface area contributed by atoms with E-state index < -0.39 is 0 Å². The van der Waals surface area contributed by atoms with Crippen molar-refractivity contribution in [3.05, 3.63) is 0 Å². The van der Waals surface area contributed by atoms with Crippen LogP contribution >= 0.6 is 0 Å². The molecule has 2 saturated carbocycles. The van der Waals surface area contributed by atoms with Gasteiger partial charge in [-0.3, -0.25) is 4.79 Å². The number of hydrogen-bond acceptors (Lipinski definition) is 3. The molecule has 3 aliphatic rings. The van der Waals surface area contributed by atoms with Crippen LogP contribution in [0.3, 0.4) is 0 Å². The van der Waals surface area contributed by atoms with E-state index in [0.717, 1.165) is 38.8 Å². The van der Waals surface area contributed by atoms with Crippen molar-refractivity contribution in [2.24, 2.45) is 0 Å². The highest BCUT2D eigenvalue weighted by molar-refractivity contribution is 5.78. The van der Waals surface area contributed by atoms with E-state index in [-0.39, 0.29) is 5.54 Å². The standard InChI is InChI=1S/C16H28N2O2/c1-17-16(8-3-2-4-9-16)12-15(19)18-10-11-20-14-7-5-6-13(14)18/h13-14,17H,2-12H2,1H3. The number of carbonyl (C=O) groups excluding carboxylic acids is 1. The molecule has 0 aromatic rings. The molecule has 4 heteroatoms. The molecule has 1 N–H and O–H groups in total. The molecule has 1 amide bonds. The molecule has 1 aliphatic heterocycles. The summed E-state index contributed by atoms with van der Waals surface area (Å²) in [6.07, 6.45) is 10.6. The lowest BCUT2D eigenvalue weighted by Gasteiger charge is -2.42. The van der Waals surface area contributed by atoms with Crippen molar-refractivity contribution in [1.82, 2.24) is 10.2 Å². The summed E-state index contributed by atoms with van der Waals surface area (Å²) in [5.41, 5.74) is 0.0573. The Balaban J connectivity index is 1.65. The lowest BCUT2D eigenvalue weighted by atomic mass is 9.79. The van der Waals surface area contributed by atoms with Gasteiger partial charge in [0.05, 0.1) is 18.8 Å². The minimum absolute atomic E-state index is 0.0573. The first-order valence-electron chi connectivity index (χ1n) is 8.34. The molecule has 20 heavy (non-hydrogen) atoms. The molecule has 1 heterocycles. The monoisotopic (exact) mass is 280 g/mol. The van der Waals surface area contributed by atoms with Crippen LogP contribution in [0.4, 0.5) is 0 Å². The molecular weight excluding hydrogens is 252 g/mol. The zero-order valence-electron chi connectivity index (χ0n) is 12.7. The normalized spacial score (nSPS) is 33.0. The van der Waals surface area contributed by atoms with Gasteiger partial charge in [-0.2, -0.15) is 0 Å². The number of nitrogens with zero attached hydrogens (tertiary/aromatic N) is 1. The number of amides is 1. The molecule has 1 saturated heterocycles. The molecule has 114 valence electrons. The van der Waals surface area contributed by atoms with E-state index in [1.165, 1.54) is 25.7 Å². The quantitative estimate of drug-likeness (QED) is 0.860. The fraction of sp³-hybridized carbons (Fsp3) is 0.938. The summed E-state index contributed by atoms with van der Waals surface area (Å²) in [7, 11) is 2.02. The number of carbonyl (C=O) groups is 1. The molecule has 3 fully saturated rings. The molecule has 0 aromatic carbocycles. The van der Waals surface area contributed by atoms with Crippen molar-refractivity contribution in [2.45, 2.75) is 75.5 Å². The zero-order valence-corrected chi connectivity index (χ0v) is 12.7. The van der Waals surface area contributed by atoms with Gasteiger partial charge < -0.3 is 15.0 Å². The van der Waals surface area contributed by atoms with Crippen LogP contribution in [-0.4, -0.2) is 48.7 Å². The summed E-state index contributed by atoms with van der Waals surface area (Å²) >= 11 is 0. The van der Waals surface area contributed by atoms with Crippen molar-refractivity contribution >= 4 is 5.91 Å². The maximum Gasteiger partial charge on any atom is 0.224 e. The maximum absolute atomic E-state index is 12.8. The summed E-state index contributed by atoms with van der Waals surface area (Å²) in [4.78, 5) is 14.9. The van der Waals surface area contributed by atoms with Crippen LogP contribution in [-0.2, 0) is 9.53 Å². The molecule has 0 aromatic heterocycles. The van der Waals surface area contributed by atoms with Gasteiger partial charge in [0.25, 0.3) is 0 Å². The van der Waals surface area contributed by atoms with E-state index in [1.807, 2.05) is 7.05 Å². The van der Waals surface area contributed by atoms with Gasteiger partial charge in [-0.05, 0) is 39.2 Å². The topological polar surface area (TPSA) is 41.6 Å². The average Bonchev–Trinajstić information content (AvgIpc) is 2.96. The third kappa shape index (κ3) is 2.73. The number of ether oxygens (including phenoxy) is 1. The third-order valence-corrected chi connectivity index (χ3v) is 5.63. The lowest BCUT2D eigenvalue weighted by molar-refractivity contribution is -0.145. The summed E-state index contributed by atoms with van der Waals surface area (Å²) in [6, 6.07) is 0.355. The maximum atomic E-state index is 12.8. The van der Waals surface area contributed by atoms with Gasteiger partial charge in [-0.1, -0.05) is 19.3 Å². The van der Waals surface area contributed by atoms with E-state index in [9.17, 15) is 4.79 Å². The molecule has 3 rings (SSSR count). The highest BCUT2D eigenvalue weighted by Crippen LogP contribution is 2.34. The van der Waals surface area contributed by atoms with Gasteiger partial charge in [0.15, 0.2) is 0 Å². The molecular formula is C16H28N2O2. The first kappa shape index (κ1) is 14.3. The van der Waals surface area contributed by atoms with E-state index in [2.05, 4.69) is 10.2 Å². The number of fused-ring (bicyclic) bond motifs is 1. The van der Waals surface area contributed by atoms with Gasteiger partial charge in [0, 0.05) is 18.5 Å². The first-order chi connectivity index (χ1) is 9.74. The van der Waals surface area contributed by atoms with Crippen molar-refractivity contribution < 1.29 is 9.53 Å². The Morgan fingerprint density at radius 3 is 2.80 bits per heavy atom. The fourth-order valence-electron chi connectivity index (χ4n) is 4.37. The van der Waals surface area contributed by atoms with Crippen LogP contribution in [0.1, 0.15) is 57.8 Å². The van der Waals surface area contributed by atoms with Gasteiger partial charge in [-0.15, -0.1) is 0 Å². The molecule has 0 spiro atoms. The van der Waals surface area contributed by atoms with Crippen LogP contribution in [0, 0.1) is 0 Å². The zero-order chi connectivity index (χ0) is 14.0. The van der Waals surface area contributed by atoms with Crippen molar-refractivity contribution in [1.29, 1.82) is 0 Å². The minimum Gasteiger partial charge on any atom is -0.374 e. The highest BCUT2D eigenvalue weighted by Gasteiger charge is 2.41. The Morgan fingerprint density at radius 2 is 2.05 bits per heavy atom. The Labute approximate surface area is 122 Å². The van der Waals surface area contributed by atoms with Gasteiger partial charge in [0.2, 0.25) is 5.91 Å². The minimum atomic E-state index is 0.0573. The van der Waals surface area contributed by atoms with E-state index in [0.29, 0.717) is 24.5 Å². The molecule has 2 unspecified atom stereocenters. The molecule has 2 atom stereocenters. The van der Waals surface area contributed by atoms with Crippen LogP contribution in [0.25, 0.3) is 0 Å². The van der Waals surface area contributed by atoms with Gasteiger partial charge >= 0.3 is 0 Å². The van der Waals surface area contributed by atoms with Gasteiger partial charge in [0.1, 0.15) is 0 Å². The largest absolute Gasteiger partial charge is 0.374 e. The number of hydrogen-bond donors (Lipinski definition) is 1. The second kappa shape index (κ2) is 6.02. The summed E-state index contributed by atoms with van der Waals surface area (Å²) < 4.78 is 5.81. The Kier molecular flexibility index (Phi) is 4.32. The summed E-state index contributed by atoms with van der Waals surface area (Å²) in [5, 5.41) is 3.47. The van der Waals surface area contributed by atoms with Crippen LogP contribution in [0.15, 0.2) is 0 Å². The third-order valence-electron chi connectivity index (χ3n) is 5.63. The number of nitrogens with one attached hydrogen (secondary N) is 1. The molecule has 2 aliphatic carbocycles. The van der Waals surface area contributed by atoms with Crippen LogP contribution in [0.5, 0.6) is 0 Å². The Bertz CT molecular complexity index is 352. The molecule has 0 bridgehead atoms. The number of rotatable bonds is 3. The Morgan fingerprint density at radius 1 is 1.25 bits per heavy atom. The average molecular weight is 280 g/mol. The van der Waals surface area contributed by atoms with Crippen LogP contribution in [0.2, 0.25) is 0 Å². The van der Waals surface area contributed by atoms with E-state index in [4.69, 9.17) is 4.74 Å². The lowest BCUT2D eigenvalue weighted by Crippen LogP contribution is -2.55. The van der Waals surface area contributed by atoms with E-state index in [1.54, 1.807) is 0 Å². The molecule has 4 nitrogen and oxygen atoms in total. The summed E-state index contributed by atoms with van der Waals surface area (Å²) in [6.45, 7) is 1.51. The number of morpholine rings is 1. The van der Waals surface area contributed by atoms with Crippen molar-refractivity contribution in [3.8, 4) is 0 Å². The predicted molar refractivity (Wildman–Crippen MR) is 78.6 cm³/mol. The van der Waals surface area contributed by atoms with Crippen LogP contribution < -0.4 is 5.32 Å². The smallest absolute Gasteiger partial charge is 0.224 e. The SMILES string of the molecule is CNC1(CC(=O)N2CCOC3CCCC32)CCCCC1. The van der Waals surface area contributed by atoms with Crippen molar-refractivity contribution in [3.63, 3.8) is 0 Å². The highest BCUT2D eigenvalue weighted by atomic mass is 16.5.